The number of hydrogen-bond donors (Lipinski definition) is 1. The number of nitrogens with two attached hydrogens (primary N) is 1. The molecule has 0 aromatic heterocycles. The van der Waals surface area contributed by atoms with E-state index >= 15 is 0 Å². The van der Waals surface area contributed by atoms with Crippen LogP contribution in [0.5, 0.6) is 0 Å². The maximum atomic E-state index is 13.2. The molecule has 0 aromatic carbocycles. The predicted octanol–water partition coefficient (Wildman–Crippen LogP) is 3.49. The Kier molecular flexibility index (Phi) is 4.27. The minimum atomic E-state index is -2.46. The molecule has 0 radical (unpaired) electrons. The lowest BCUT2D eigenvalue weighted by Gasteiger charge is -2.36. The van der Waals surface area contributed by atoms with Gasteiger partial charge < -0.3 is 10.5 Å². The van der Waals surface area contributed by atoms with Gasteiger partial charge in [-0.05, 0) is 38.5 Å². The van der Waals surface area contributed by atoms with Gasteiger partial charge >= 0.3 is 0 Å². The molecular weight excluding hydrogens is 236 g/mol. The second kappa shape index (κ2) is 5.41. The maximum Gasteiger partial charge on any atom is 0.248 e. The summed E-state index contributed by atoms with van der Waals surface area (Å²) in [5, 5.41) is 0. The highest BCUT2D eigenvalue weighted by molar-refractivity contribution is 4.97. The maximum absolute atomic E-state index is 13.2. The van der Waals surface area contributed by atoms with Crippen LogP contribution < -0.4 is 5.73 Å². The molecule has 2 atom stereocenters. The lowest BCUT2D eigenvalue weighted by atomic mass is 9.85. The summed E-state index contributed by atoms with van der Waals surface area (Å²) in [6.45, 7) is 2.64. The van der Waals surface area contributed by atoms with Crippen LogP contribution in [0.4, 0.5) is 8.78 Å². The SMILES string of the molecule is CCOC1(C(N)CC2CCC(F)(F)C2)CCCC1. The number of hydrogen-bond acceptors (Lipinski definition) is 2. The standard InChI is InChI=1S/C14H25F2NO/c1-2-18-13(6-3-4-7-13)12(17)9-11-5-8-14(15,16)10-11/h11-12H,2-10,17H2,1H3. The number of ether oxygens (including phenoxy) is 1. The number of alkyl halides is 2. The van der Waals surface area contributed by atoms with E-state index in [1.54, 1.807) is 0 Å². The molecule has 2 aliphatic rings. The van der Waals surface area contributed by atoms with Gasteiger partial charge in [0.15, 0.2) is 0 Å². The molecule has 0 heterocycles. The van der Waals surface area contributed by atoms with E-state index in [4.69, 9.17) is 10.5 Å². The fourth-order valence-electron chi connectivity index (χ4n) is 3.70. The van der Waals surface area contributed by atoms with Gasteiger partial charge in [-0.2, -0.15) is 0 Å². The zero-order valence-electron chi connectivity index (χ0n) is 11.3. The first-order valence-electron chi connectivity index (χ1n) is 7.25. The van der Waals surface area contributed by atoms with Crippen molar-refractivity contribution < 1.29 is 13.5 Å². The van der Waals surface area contributed by atoms with E-state index in [0.29, 0.717) is 19.4 Å². The van der Waals surface area contributed by atoms with Crippen LogP contribution >= 0.6 is 0 Å². The predicted molar refractivity (Wildman–Crippen MR) is 67.7 cm³/mol. The molecule has 2 fully saturated rings. The smallest absolute Gasteiger partial charge is 0.248 e. The van der Waals surface area contributed by atoms with Gasteiger partial charge in [0.25, 0.3) is 0 Å². The van der Waals surface area contributed by atoms with Crippen molar-refractivity contribution in [1.29, 1.82) is 0 Å². The van der Waals surface area contributed by atoms with Crippen LogP contribution in [0.3, 0.4) is 0 Å². The Bertz CT molecular complexity index is 277. The largest absolute Gasteiger partial charge is 0.374 e. The van der Waals surface area contributed by atoms with Gasteiger partial charge in [0, 0.05) is 25.5 Å². The van der Waals surface area contributed by atoms with Crippen molar-refractivity contribution in [3.05, 3.63) is 0 Å². The minimum Gasteiger partial charge on any atom is -0.374 e. The Morgan fingerprint density at radius 1 is 1.28 bits per heavy atom. The first-order valence-corrected chi connectivity index (χ1v) is 7.25. The molecular formula is C14H25F2NO. The fraction of sp³-hybridized carbons (Fsp3) is 1.00. The monoisotopic (exact) mass is 261 g/mol. The topological polar surface area (TPSA) is 35.2 Å². The fourth-order valence-corrected chi connectivity index (χ4v) is 3.70. The van der Waals surface area contributed by atoms with E-state index in [-0.39, 0.29) is 30.4 Å². The van der Waals surface area contributed by atoms with Crippen molar-refractivity contribution in [3.63, 3.8) is 0 Å². The first-order chi connectivity index (χ1) is 8.47. The second-order valence-corrected chi connectivity index (χ2v) is 6.01. The molecule has 0 amide bonds. The normalized spacial score (nSPS) is 31.7. The summed E-state index contributed by atoms with van der Waals surface area (Å²) in [6.07, 6.45) is 5.63. The van der Waals surface area contributed by atoms with Gasteiger partial charge in [-0.15, -0.1) is 0 Å². The molecule has 2 unspecified atom stereocenters. The van der Waals surface area contributed by atoms with Crippen LogP contribution in [0.25, 0.3) is 0 Å². The Hall–Kier alpha value is -0.220. The average molecular weight is 261 g/mol. The summed E-state index contributed by atoms with van der Waals surface area (Å²) in [5.74, 6) is -2.38. The van der Waals surface area contributed by atoms with Crippen LogP contribution in [0, 0.1) is 5.92 Å². The quantitative estimate of drug-likeness (QED) is 0.822. The molecule has 2 nitrogen and oxygen atoms in total. The summed E-state index contributed by atoms with van der Waals surface area (Å²) in [5.41, 5.74) is 6.07. The van der Waals surface area contributed by atoms with Crippen LogP contribution in [0.15, 0.2) is 0 Å². The van der Waals surface area contributed by atoms with Crippen LogP contribution in [-0.4, -0.2) is 24.2 Å². The Morgan fingerprint density at radius 2 is 1.94 bits per heavy atom. The molecule has 0 aromatic rings. The van der Waals surface area contributed by atoms with Gasteiger partial charge in [-0.1, -0.05) is 12.8 Å². The third kappa shape index (κ3) is 3.02. The van der Waals surface area contributed by atoms with E-state index in [9.17, 15) is 8.78 Å². The lowest BCUT2D eigenvalue weighted by molar-refractivity contribution is -0.0586. The van der Waals surface area contributed by atoms with Gasteiger partial charge in [0.05, 0.1) is 5.60 Å². The Labute approximate surface area is 108 Å². The van der Waals surface area contributed by atoms with Gasteiger partial charge in [-0.25, -0.2) is 8.78 Å². The van der Waals surface area contributed by atoms with Crippen molar-refractivity contribution in [2.24, 2.45) is 11.7 Å². The molecule has 2 rings (SSSR count). The molecule has 2 N–H and O–H groups in total. The lowest BCUT2D eigenvalue weighted by Crippen LogP contribution is -2.49. The van der Waals surface area contributed by atoms with Crippen molar-refractivity contribution >= 4 is 0 Å². The molecule has 4 heteroatoms. The summed E-state index contributed by atoms with van der Waals surface area (Å²) in [7, 11) is 0. The van der Waals surface area contributed by atoms with Crippen molar-refractivity contribution in [3.8, 4) is 0 Å². The first kappa shape index (κ1) is 14.2. The molecule has 106 valence electrons. The molecule has 0 bridgehead atoms. The molecule has 18 heavy (non-hydrogen) atoms. The van der Waals surface area contributed by atoms with E-state index in [0.717, 1.165) is 25.7 Å². The second-order valence-electron chi connectivity index (χ2n) is 6.01. The van der Waals surface area contributed by atoms with Gasteiger partial charge in [-0.3, -0.25) is 0 Å². The molecule has 0 saturated heterocycles. The molecule has 0 spiro atoms. The van der Waals surface area contributed by atoms with Gasteiger partial charge in [0.2, 0.25) is 5.92 Å². The van der Waals surface area contributed by atoms with Crippen molar-refractivity contribution in [2.45, 2.75) is 75.9 Å². The Morgan fingerprint density at radius 3 is 2.44 bits per heavy atom. The summed E-state index contributed by atoms with van der Waals surface area (Å²) < 4.78 is 32.3. The third-order valence-electron chi connectivity index (χ3n) is 4.65. The van der Waals surface area contributed by atoms with E-state index in [1.165, 1.54) is 0 Å². The zero-order valence-corrected chi connectivity index (χ0v) is 11.3. The van der Waals surface area contributed by atoms with E-state index in [2.05, 4.69) is 0 Å². The van der Waals surface area contributed by atoms with Crippen LogP contribution in [0.2, 0.25) is 0 Å². The van der Waals surface area contributed by atoms with Gasteiger partial charge in [0.1, 0.15) is 0 Å². The molecule has 2 saturated carbocycles. The average Bonchev–Trinajstić information content (AvgIpc) is 2.87. The highest BCUT2D eigenvalue weighted by Gasteiger charge is 2.45. The minimum absolute atomic E-state index is 0.0168. The summed E-state index contributed by atoms with van der Waals surface area (Å²) in [4.78, 5) is 0. The van der Waals surface area contributed by atoms with Crippen molar-refractivity contribution in [2.75, 3.05) is 6.61 Å². The van der Waals surface area contributed by atoms with E-state index < -0.39 is 5.92 Å². The number of halogens is 2. The summed E-state index contributed by atoms with van der Waals surface area (Å²) >= 11 is 0. The highest BCUT2D eigenvalue weighted by atomic mass is 19.3. The Balaban J connectivity index is 1.92. The zero-order chi connectivity index (χ0) is 13.2. The summed E-state index contributed by atoms with van der Waals surface area (Å²) in [6, 6.07) is -0.0844. The van der Waals surface area contributed by atoms with Crippen LogP contribution in [-0.2, 0) is 4.74 Å². The number of rotatable bonds is 5. The molecule has 0 aliphatic heterocycles. The molecule has 2 aliphatic carbocycles. The van der Waals surface area contributed by atoms with E-state index in [1.807, 2.05) is 6.92 Å². The highest BCUT2D eigenvalue weighted by Crippen LogP contribution is 2.44. The van der Waals surface area contributed by atoms with Crippen molar-refractivity contribution in [1.82, 2.24) is 0 Å². The third-order valence-corrected chi connectivity index (χ3v) is 4.65. The van der Waals surface area contributed by atoms with Crippen LogP contribution in [0.1, 0.15) is 58.3 Å².